The molecule has 1 N–H and O–H groups in total. The molecule has 0 spiro atoms. The van der Waals surface area contributed by atoms with E-state index in [4.69, 9.17) is 9.72 Å². The minimum atomic E-state index is -3.81. The van der Waals surface area contributed by atoms with Crippen molar-refractivity contribution in [3.8, 4) is 0 Å². The summed E-state index contributed by atoms with van der Waals surface area (Å²) in [5, 5.41) is 0. The van der Waals surface area contributed by atoms with Gasteiger partial charge in [-0.15, -0.1) is 0 Å². The molecule has 2 atom stereocenters. The molecule has 1 aliphatic heterocycles. The molecule has 0 unspecified atom stereocenters. The highest BCUT2D eigenvalue weighted by Crippen LogP contribution is 2.30. The first kappa shape index (κ1) is 19.6. The number of nitrogens with one attached hydrogen (secondary N) is 1. The van der Waals surface area contributed by atoms with Gasteiger partial charge >= 0.3 is 0 Å². The van der Waals surface area contributed by atoms with Gasteiger partial charge in [-0.25, -0.2) is 18.4 Å². The average molecular weight is 413 g/mol. The van der Waals surface area contributed by atoms with Gasteiger partial charge in [0.25, 0.3) is 10.0 Å². The van der Waals surface area contributed by atoms with Crippen molar-refractivity contribution in [1.29, 1.82) is 0 Å². The number of rotatable bonds is 4. The number of benzene rings is 2. The van der Waals surface area contributed by atoms with Crippen LogP contribution < -0.4 is 9.62 Å². The number of sulfonamides is 1. The van der Waals surface area contributed by atoms with Crippen molar-refractivity contribution in [1.82, 2.24) is 9.97 Å². The highest BCUT2D eigenvalue weighted by Gasteiger charge is 2.28. The molecule has 7 nitrogen and oxygen atoms in total. The molecule has 0 saturated carbocycles. The van der Waals surface area contributed by atoms with Gasteiger partial charge in [0.05, 0.1) is 28.1 Å². The summed E-state index contributed by atoms with van der Waals surface area (Å²) in [7, 11) is -3.81. The lowest BCUT2D eigenvalue weighted by Crippen LogP contribution is -2.46. The smallest absolute Gasteiger partial charge is 0.263 e. The Morgan fingerprint density at radius 3 is 2.21 bits per heavy atom. The minimum Gasteiger partial charge on any atom is -0.372 e. The van der Waals surface area contributed by atoms with Crippen LogP contribution in [-0.4, -0.2) is 43.7 Å². The third kappa shape index (κ3) is 4.04. The topological polar surface area (TPSA) is 84.4 Å². The van der Waals surface area contributed by atoms with Gasteiger partial charge in [0.2, 0.25) is 0 Å². The van der Waals surface area contributed by atoms with Crippen LogP contribution in [0.1, 0.15) is 19.4 Å². The number of nitrogens with zero attached hydrogens (tertiary/aromatic N) is 3. The van der Waals surface area contributed by atoms with E-state index in [1.54, 1.807) is 25.1 Å². The number of aromatic nitrogens is 2. The van der Waals surface area contributed by atoms with Crippen molar-refractivity contribution in [2.45, 2.75) is 37.9 Å². The third-order valence-corrected chi connectivity index (χ3v) is 6.38. The van der Waals surface area contributed by atoms with Crippen molar-refractivity contribution in [2.24, 2.45) is 0 Å². The second-order valence-corrected chi connectivity index (χ2v) is 9.07. The normalized spacial score (nSPS) is 20.0. The molecule has 1 aromatic heterocycles. The van der Waals surface area contributed by atoms with Crippen LogP contribution in [0.25, 0.3) is 11.0 Å². The lowest BCUT2D eigenvalue weighted by atomic mass is 10.2. The summed E-state index contributed by atoms with van der Waals surface area (Å²) in [5.74, 6) is 0.746. The predicted octanol–water partition coefficient (Wildman–Crippen LogP) is 3.35. The number of para-hydroxylation sites is 2. The van der Waals surface area contributed by atoms with Crippen LogP contribution in [0, 0.1) is 6.92 Å². The Balaban J connectivity index is 1.81. The van der Waals surface area contributed by atoms with Crippen molar-refractivity contribution < 1.29 is 13.2 Å². The number of hydrogen-bond donors (Lipinski definition) is 1. The molecule has 0 radical (unpaired) electrons. The lowest BCUT2D eigenvalue weighted by Gasteiger charge is -2.36. The first-order valence-electron chi connectivity index (χ1n) is 9.59. The van der Waals surface area contributed by atoms with E-state index in [9.17, 15) is 8.42 Å². The number of anilines is 2. The molecule has 0 amide bonds. The Bertz CT molecular complexity index is 1140. The molecule has 4 rings (SSSR count). The summed E-state index contributed by atoms with van der Waals surface area (Å²) >= 11 is 0. The van der Waals surface area contributed by atoms with E-state index in [-0.39, 0.29) is 22.9 Å². The summed E-state index contributed by atoms with van der Waals surface area (Å²) in [6.45, 7) is 6.97. The van der Waals surface area contributed by atoms with Gasteiger partial charge in [0, 0.05) is 13.1 Å². The molecule has 0 bridgehead atoms. The van der Waals surface area contributed by atoms with Crippen molar-refractivity contribution in [3.05, 3.63) is 54.1 Å². The molecule has 3 aromatic rings. The van der Waals surface area contributed by atoms with Gasteiger partial charge in [-0.1, -0.05) is 30.3 Å². The molecule has 0 aliphatic carbocycles. The molecule has 2 aromatic carbocycles. The first-order valence-corrected chi connectivity index (χ1v) is 11.1. The van der Waals surface area contributed by atoms with Gasteiger partial charge in [0.15, 0.2) is 11.6 Å². The van der Waals surface area contributed by atoms with E-state index in [2.05, 4.69) is 9.71 Å². The second kappa shape index (κ2) is 7.61. The molecule has 1 fully saturated rings. The summed E-state index contributed by atoms with van der Waals surface area (Å²) < 4.78 is 34.7. The van der Waals surface area contributed by atoms with E-state index in [0.29, 0.717) is 35.5 Å². The van der Waals surface area contributed by atoms with Gasteiger partial charge in [-0.2, -0.15) is 0 Å². The van der Waals surface area contributed by atoms with Gasteiger partial charge in [-0.3, -0.25) is 4.72 Å². The Morgan fingerprint density at radius 2 is 1.55 bits per heavy atom. The van der Waals surface area contributed by atoms with Gasteiger partial charge in [0.1, 0.15) is 0 Å². The fraction of sp³-hybridized carbons (Fsp3) is 0.333. The monoisotopic (exact) mass is 412 g/mol. The Hall–Kier alpha value is -2.71. The van der Waals surface area contributed by atoms with Crippen LogP contribution in [0.4, 0.5) is 11.6 Å². The standard InChI is InChI=1S/C21H24N4O3S/c1-14-8-4-7-11-19(14)29(26,27)24-20-21(25-12-15(2)28-16(3)13-25)23-18-10-6-5-9-17(18)22-20/h4-11,15-16H,12-13H2,1-3H3,(H,22,24)/t15-,16+. The average Bonchev–Trinajstić information content (AvgIpc) is 2.66. The van der Waals surface area contributed by atoms with E-state index in [1.165, 1.54) is 0 Å². The largest absolute Gasteiger partial charge is 0.372 e. The zero-order chi connectivity index (χ0) is 20.6. The fourth-order valence-corrected chi connectivity index (χ4v) is 4.92. The molecular weight excluding hydrogens is 388 g/mol. The number of aryl methyl sites for hydroxylation is 1. The Kier molecular flexibility index (Phi) is 5.14. The highest BCUT2D eigenvalue weighted by molar-refractivity contribution is 7.92. The number of ether oxygens (including phenoxy) is 1. The highest BCUT2D eigenvalue weighted by atomic mass is 32.2. The molecular formula is C21H24N4O3S. The van der Waals surface area contributed by atoms with Crippen molar-refractivity contribution in [3.63, 3.8) is 0 Å². The summed E-state index contributed by atoms with van der Waals surface area (Å²) in [6, 6.07) is 14.3. The minimum absolute atomic E-state index is 0.00726. The van der Waals surface area contributed by atoms with E-state index >= 15 is 0 Å². The van der Waals surface area contributed by atoms with Crippen molar-refractivity contribution >= 4 is 32.7 Å². The number of fused-ring (bicyclic) bond motifs is 1. The van der Waals surface area contributed by atoms with Gasteiger partial charge in [-0.05, 0) is 44.5 Å². The lowest BCUT2D eigenvalue weighted by molar-refractivity contribution is -0.00540. The maximum absolute atomic E-state index is 13.1. The SMILES string of the molecule is Cc1ccccc1S(=O)(=O)Nc1nc2ccccc2nc1N1C[C@@H](C)O[C@@H](C)C1. The molecule has 152 valence electrons. The molecule has 1 aliphatic rings. The zero-order valence-corrected chi connectivity index (χ0v) is 17.5. The third-order valence-electron chi connectivity index (χ3n) is 4.89. The number of morpholine rings is 1. The van der Waals surface area contributed by atoms with Crippen LogP contribution >= 0.6 is 0 Å². The van der Waals surface area contributed by atoms with Crippen LogP contribution in [-0.2, 0) is 14.8 Å². The Morgan fingerprint density at radius 1 is 0.966 bits per heavy atom. The van der Waals surface area contributed by atoms with Crippen LogP contribution in [0.15, 0.2) is 53.4 Å². The van der Waals surface area contributed by atoms with Crippen LogP contribution in [0.5, 0.6) is 0 Å². The van der Waals surface area contributed by atoms with Gasteiger partial charge < -0.3 is 9.64 Å². The molecule has 29 heavy (non-hydrogen) atoms. The van der Waals surface area contributed by atoms with Crippen LogP contribution in [0.3, 0.4) is 0 Å². The van der Waals surface area contributed by atoms with E-state index in [0.717, 1.165) is 0 Å². The predicted molar refractivity (Wildman–Crippen MR) is 114 cm³/mol. The van der Waals surface area contributed by atoms with Crippen LogP contribution in [0.2, 0.25) is 0 Å². The maximum Gasteiger partial charge on any atom is 0.263 e. The molecule has 2 heterocycles. The quantitative estimate of drug-likeness (QED) is 0.707. The number of hydrogen-bond acceptors (Lipinski definition) is 6. The molecule has 1 saturated heterocycles. The van der Waals surface area contributed by atoms with E-state index < -0.39 is 10.0 Å². The fourth-order valence-electron chi connectivity index (χ4n) is 3.67. The van der Waals surface area contributed by atoms with E-state index in [1.807, 2.05) is 49.1 Å². The zero-order valence-electron chi connectivity index (χ0n) is 16.7. The summed E-state index contributed by atoms with van der Waals surface area (Å²) in [5.41, 5.74) is 2.02. The molecule has 8 heteroatoms. The summed E-state index contributed by atoms with van der Waals surface area (Å²) in [6.07, 6.45) is 0.0145. The maximum atomic E-state index is 13.1. The first-order chi connectivity index (χ1) is 13.8. The summed E-state index contributed by atoms with van der Waals surface area (Å²) in [4.78, 5) is 11.6. The van der Waals surface area contributed by atoms with Crippen molar-refractivity contribution in [2.75, 3.05) is 22.7 Å². The second-order valence-electron chi connectivity index (χ2n) is 7.42. The Labute approximate surface area is 170 Å².